The zero-order valence-corrected chi connectivity index (χ0v) is 11.2. The summed E-state index contributed by atoms with van der Waals surface area (Å²) in [4.78, 5) is 0. The molecule has 17 heavy (non-hydrogen) atoms. The molecule has 1 aliphatic rings. The highest BCUT2D eigenvalue weighted by Gasteiger charge is 2.09. The summed E-state index contributed by atoms with van der Waals surface area (Å²) in [5.41, 5.74) is 0. The van der Waals surface area contributed by atoms with E-state index in [1.54, 1.807) is 6.08 Å². The van der Waals surface area contributed by atoms with Gasteiger partial charge in [-0.3, -0.25) is 0 Å². The molecule has 0 aromatic rings. The third-order valence-corrected chi connectivity index (χ3v) is 3.42. The molecule has 2 nitrogen and oxygen atoms in total. The van der Waals surface area contributed by atoms with Gasteiger partial charge in [0, 0.05) is 0 Å². The first-order valence-electron chi connectivity index (χ1n) is 7.23. The molecule has 0 aromatic heterocycles. The second-order valence-electron chi connectivity index (χ2n) is 4.97. The number of hydrogen-bond acceptors (Lipinski definition) is 2. The Hall–Kier alpha value is -0.340. The van der Waals surface area contributed by atoms with Crippen LogP contribution in [0.15, 0.2) is 12.7 Å². The molecule has 0 atom stereocenters. The molecule has 100 valence electrons. The van der Waals surface area contributed by atoms with Crippen LogP contribution >= 0.6 is 0 Å². The van der Waals surface area contributed by atoms with Crippen molar-refractivity contribution in [2.24, 2.45) is 0 Å². The first-order chi connectivity index (χ1) is 8.43. The Morgan fingerprint density at radius 1 is 0.882 bits per heavy atom. The second-order valence-corrected chi connectivity index (χ2v) is 4.97. The predicted octanol–water partition coefficient (Wildman–Crippen LogP) is 4.45. The van der Waals surface area contributed by atoms with Gasteiger partial charge in [0.15, 0.2) is 0 Å². The van der Waals surface area contributed by atoms with E-state index >= 15 is 0 Å². The average molecular weight is 240 g/mol. The fourth-order valence-electron chi connectivity index (χ4n) is 2.39. The molecular formula is C15H28O2. The summed E-state index contributed by atoms with van der Waals surface area (Å²) in [6.07, 6.45) is 15.6. The van der Waals surface area contributed by atoms with E-state index in [1.165, 1.54) is 64.2 Å². The molecule has 0 aliphatic heterocycles. The predicted molar refractivity (Wildman–Crippen MR) is 72.1 cm³/mol. The molecular weight excluding hydrogens is 212 g/mol. The van der Waals surface area contributed by atoms with Crippen molar-refractivity contribution in [3.05, 3.63) is 12.7 Å². The average Bonchev–Trinajstić information content (AvgIpc) is 2.40. The smallest absolute Gasteiger partial charge is 0.147 e. The summed E-state index contributed by atoms with van der Waals surface area (Å²) < 4.78 is 11.1. The van der Waals surface area contributed by atoms with Gasteiger partial charge in [0.05, 0.1) is 12.7 Å². The molecule has 0 bridgehead atoms. The minimum atomic E-state index is 0.415. The van der Waals surface area contributed by atoms with Crippen LogP contribution in [0.1, 0.15) is 64.2 Å². The SMILES string of the molecule is C=CCOCOC1CCCCCCCCCC1. The van der Waals surface area contributed by atoms with Gasteiger partial charge in [0.1, 0.15) is 6.79 Å². The topological polar surface area (TPSA) is 18.5 Å². The van der Waals surface area contributed by atoms with E-state index in [0.29, 0.717) is 19.5 Å². The van der Waals surface area contributed by atoms with E-state index in [-0.39, 0.29) is 0 Å². The van der Waals surface area contributed by atoms with E-state index in [0.717, 1.165) is 0 Å². The van der Waals surface area contributed by atoms with E-state index in [9.17, 15) is 0 Å². The standard InChI is InChI=1S/C15H28O2/c1-2-13-16-14-17-15-11-9-7-5-3-4-6-8-10-12-15/h2,15H,1,3-14H2. The highest BCUT2D eigenvalue weighted by molar-refractivity contribution is 4.64. The number of ether oxygens (including phenoxy) is 2. The van der Waals surface area contributed by atoms with E-state index < -0.39 is 0 Å². The molecule has 0 unspecified atom stereocenters. The summed E-state index contributed by atoms with van der Waals surface area (Å²) in [5.74, 6) is 0. The molecule has 1 aliphatic carbocycles. The van der Waals surface area contributed by atoms with Crippen molar-refractivity contribution in [3.8, 4) is 0 Å². The molecule has 1 saturated carbocycles. The molecule has 0 saturated heterocycles. The molecule has 0 radical (unpaired) electrons. The fourth-order valence-corrected chi connectivity index (χ4v) is 2.39. The van der Waals surface area contributed by atoms with Crippen LogP contribution in [0.5, 0.6) is 0 Å². The van der Waals surface area contributed by atoms with Gasteiger partial charge in [-0.25, -0.2) is 0 Å². The van der Waals surface area contributed by atoms with Gasteiger partial charge in [0.2, 0.25) is 0 Å². The summed E-state index contributed by atoms with van der Waals surface area (Å²) in [6.45, 7) is 4.64. The van der Waals surface area contributed by atoms with Crippen molar-refractivity contribution in [1.82, 2.24) is 0 Å². The summed E-state index contributed by atoms with van der Waals surface area (Å²) in [7, 11) is 0. The summed E-state index contributed by atoms with van der Waals surface area (Å²) in [5, 5.41) is 0. The minimum absolute atomic E-state index is 0.415. The fraction of sp³-hybridized carbons (Fsp3) is 0.867. The van der Waals surface area contributed by atoms with Gasteiger partial charge in [-0.2, -0.15) is 0 Å². The first kappa shape index (κ1) is 14.7. The first-order valence-corrected chi connectivity index (χ1v) is 7.23. The summed E-state index contributed by atoms with van der Waals surface area (Å²) >= 11 is 0. The molecule has 0 aromatic carbocycles. The summed E-state index contributed by atoms with van der Waals surface area (Å²) in [6, 6.07) is 0. The third kappa shape index (κ3) is 8.39. The number of hydrogen-bond donors (Lipinski definition) is 0. The lowest BCUT2D eigenvalue weighted by atomic mass is 10.1. The Morgan fingerprint density at radius 3 is 1.94 bits per heavy atom. The van der Waals surface area contributed by atoms with Crippen LogP contribution in [0.3, 0.4) is 0 Å². The maximum absolute atomic E-state index is 5.79. The largest absolute Gasteiger partial charge is 0.352 e. The third-order valence-electron chi connectivity index (χ3n) is 3.42. The van der Waals surface area contributed by atoms with E-state index in [1.807, 2.05) is 0 Å². The van der Waals surface area contributed by atoms with Crippen molar-refractivity contribution >= 4 is 0 Å². The van der Waals surface area contributed by atoms with Crippen LogP contribution in [0.25, 0.3) is 0 Å². The van der Waals surface area contributed by atoms with E-state index in [2.05, 4.69) is 6.58 Å². The molecule has 0 heterocycles. The van der Waals surface area contributed by atoms with Crippen LogP contribution in [-0.2, 0) is 9.47 Å². The maximum atomic E-state index is 5.79. The highest BCUT2D eigenvalue weighted by atomic mass is 16.7. The van der Waals surface area contributed by atoms with Crippen molar-refractivity contribution in [3.63, 3.8) is 0 Å². The molecule has 1 fully saturated rings. The van der Waals surface area contributed by atoms with Crippen molar-refractivity contribution in [1.29, 1.82) is 0 Å². The Balaban J connectivity index is 2.15. The van der Waals surface area contributed by atoms with Gasteiger partial charge in [-0.15, -0.1) is 6.58 Å². The second kappa shape index (κ2) is 10.8. The van der Waals surface area contributed by atoms with Gasteiger partial charge in [-0.05, 0) is 12.8 Å². The molecule has 0 spiro atoms. The Kier molecular flexibility index (Phi) is 9.34. The monoisotopic (exact) mass is 240 g/mol. The Bertz CT molecular complexity index is 168. The molecule has 0 amide bonds. The number of rotatable bonds is 5. The van der Waals surface area contributed by atoms with Gasteiger partial charge in [-0.1, -0.05) is 57.4 Å². The zero-order valence-electron chi connectivity index (χ0n) is 11.2. The van der Waals surface area contributed by atoms with Gasteiger partial charge >= 0.3 is 0 Å². The van der Waals surface area contributed by atoms with Crippen LogP contribution < -0.4 is 0 Å². The van der Waals surface area contributed by atoms with Crippen LogP contribution in [0, 0.1) is 0 Å². The van der Waals surface area contributed by atoms with Gasteiger partial charge < -0.3 is 9.47 Å². The Labute approximate surface area is 106 Å². The lowest BCUT2D eigenvalue weighted by Gasteiger charge is -2.17. The Morgan fingerprint density at radius 2 is 1.41 bits per heavy atom. The van der Waals surface area contributed by atoms with Crippen LogP contribution in [0.4, 0.5) is 0 Å². The lowest BCUT2D eigenvalue weighted by Crippen LogP contribution is -2.15. The van der Waals surface area contributed by atoms with Crippen molar-refractivity contribution in [2.45, 2.75) is 70.3 Å². The van der Waals surface area contributed by atoms with Crippen LogP contribution in [-0.4, -0.2) is 19.5 Å². The zero-order chi connectivity index (χ0) is 12.2. The normalized spacial score (nSPS) is 20.7. The van der Waals surface area contributed by atoms with Gasteiger partial charge in [0.25, 0.3) is 0 Å². The van der Waals surface area contributed by atoms with Crippen molar-refractivity contribution < 1.29 is 9.47 Å². The quantitative estimate of drug-likeness (QED) is 0.401. The minimum Gasteiger partial charge on any atom is -0.352 e. The van der Waals surface area contributed by atoms with Crippen molar-refractivity contribution in [2.75, 3.05) is 13.4 Å². The molecule has 2 heteroatoms. The highest BCUT2D eigenvalue weighted by Crippen LogP contribution is 2.18. The lowest BCUT2D eigenvalue weighted by molar-refractivity contribution is -0.0873. The van der Waals surface area contributed by atoms with Crippen LogP contribution in [0.2, 0.25) is 0 Å². The maximum Gasteiger partial charge on any atom is 0.147 e. The molecule has 0 N–H and O–H groups in total. The van der Waals surface area contributed by atoms with E-state index in [4.69, 9.17) is 9.47 Å². The molecule has 1 rings (SSSR count).